The lowest BCUT2D eigenvalue weighted by atomic mass is 10.0. The number of nitrogens with zero attached hydrogens (tertiary/aromatic N) is 6. The number of urea groups is 1. The fourth-order valence-electron chi connectivity index (χ4n) is 4.19. The Morgan fingerprint density at radius 1 is 1.09 bits per heavy atom. The summed E-state index contributed by atoms with van der Waals surface area (Å²) < 4.78 is 56.3. The van der Waals surface area contributed by atoms with Gasteiger partial charge in [0.05, 0.1) is 23.3 Å². The fourth-order valence-corrected chi connectivity index (χ4v) is 5.04. The van der Waals surface area contributed by atoms with Crippen molar-refractivity contribution < 1.29 is 31.9 Å². The summed E-state index contributed by atoms with van der Waals surface area (Å²) in [6.45, 7) is 3.76. The fraction of sp³-hybridized carbons (Fsp3) is 0.172. The monoisotopic (exact) mass is 625 g/mol. The number of rotatable bonds is 7. The summed E-state index contributed by atoms with van der Waals surface area (Å²) >= 11 is 1.10. The third kappa shape index (κ3) is 7.29. The number of halogens is 4. The van der Waals surface area contributed by atoms with Crippen molar-refractivity contribution >= 4 is 40.8 Å². The summed E-state index contributed by atoms with van der Waals surface area (Å²) in [4.78, 5) is 34.6. The molecule has 0 radical (unpaired) electrons. The molecule has 0 bridgehead atoms. The molecule has 3 amide bonds. The van der Waals surface area contributed by atoms with Crippen LogP contribution in [0.1, 0.15) is 30.9 Å². The van der Waals surface area contributed by atoms with Gasteiger partial charge in [-0.3, -0.25) is 9.69 Å². The molecule has 1 N–H and O–H groups in total. The number of carbonyl (C=O) groups is 2. The minimum Gasteiger partial charge on any atom is -0.406 e. The predicted octanol–water partition coefficient (Wildman–Crippen LogP) is 6.27. The zero-order valence-electron chi connectivity index (χ0n) is 23.1. The Labute approximate surface area is 252 Å². The largest absolute Gasteiger partial charge is 0.573 e. The van der Waals surface area contributed by atoms with Crippen LogP contribution in [-0.4, -0.2) is 50.2 Å². The average molecular weight is 626 g/mol. The van der Waals surface area contributed by atoms with Crippen molar-refractivity contribution in [2.24, 2.45) is 10.1 Å². The maximum Gasteiger partial charge on any atom is 0.573 e. The predicted molar refractivity (Wildman–Crippen MR) is 157 cm³/mol. The highest BCUT2D eigenvalue weighted by Gasteiger charge is 2.33. The molecule has 3 aromatic carbocycles. The molecule has 226 valence electrons. The first-order chi connectivity index (χ1) is 21.0. The number of thioether (sulfide) groups is 1. The number of hydrazone groups is 1. The SMILES string of the molecule is CC(C)c1cc(F)ccc1N1C(=O)CSC1=NC(=O)N/N=C/c1ccc(-c2ncn(-c3ccc(OC(F)(F)F)cc3)n2)cc1. The Morgan fingerprint density at radius 3 is 2.50 bits per heavy atom. The lowest BCUT2D eigenvalue weighted by Gasteiger charge is -2.21. The third-order valence-electron chi connectivity index (χ3n) is 6.18. The van der Waals surface area contributed by atoms with E-state index in [1.54, 1.807) is 24.3 Å². The second-order valence-electron chi connectivity index (χ2n) is 9.62. The molecular formula is C29H23F4N7O3S. The van der Waals surface area contributed by atoms with Crippen LogP contribution in [0.2, 0.25) is 0 Å². The van der Waals surface area contributed by atoms with Gasteiger partial charge in [-0.15, -0.1) is 18.3 Å². The Balaban J connectivity index is 1.21. The number of carbonyl (C=O) groups excluding carboxylic acids is 2. The first-order valence-electron chi connectivity index (χ1n) is 13.0. The van der Waals surface area contributed by atoms with E-state index in [0.717, 1.165) is 11.8 Å². The van der Waals surface area contributed by atoms with Crippen LogP contribution in [0.3, 0.4) is 0 Å². The van der Waals surface area contributed by atoms with Gasteiger partial charge in [0.2, 0.25) is 5.91 Å². The molecule has 5 rings (SSSR count). The molecule has 10 nitrogen and oxygen atoms in total. The number of hydrogen-bond acceptors (Lipinski definition) is 7. The van der Waals surface area contributed by atoms with E-state index in [0.29, 0.717) is 33.9 Å². The molecular weight excluding hydrogens is 602 g/mol. The van der Waals surface area contributed by atoms with E-state index in [1.165, 1.54) is 64.6 Å². The van der Waals surface area contributed by atoms with Crippen molar-refractivity contribution in [3.05, 3.63) is 90.0 Å². The van der Waals surface area contributed by atoms with Crippen molar-refractivity contribution in [1.29, 1.82) is 0 Å². The maximum absolute atomic E-state index is 13.8. The molecule has 1 saturated heterocycles. The molecule has 1 aromatic heterocycles. The zero-order valence-corrected chi connectivity index (χ0v) is 23.9. The highest BCUT2D eigenvalue weighted by atomic mass is 32.2. The van der Waals surface area contributed by atoms with E-state index in [1.807, 2.05) is 13.8 Å². The van der Waals surface area contributed by atoms with Crippen LogP contribution in [0.4, 0.5) is 28.0 Å². The summed E-state index contributed by atoms with van der Waals surface area (Å²) in [5.41, 5.74) is 5.19. The first-order valence-corrected chi connectivity index (χ1v) is 14.0. The van der Waals surface area contributed by atoms with E-state index in [9.17, 15) is 27.2 Å². The number of anilines is 1. The van der Waals surface area contributed by atoms with Gasteiger partial charge in [0.25, 0.3) is 0 Å². The summed E-state index contributed by atoms with van der Waals surface area (Å²) in [6, 6.07) is 15.4. The van der Waals surface area contributed by atoms with Crippen LogP contribution >= 0.6 is 11.8 Å². The first kappa shape index (κ1) is 30.4. The molecule has 44 heavy (non-hydrogen) atoms. The molecule has 4 aromatic rings. The normalized spacial score (nSPS) is 14.7. The van der Waals surface area contributed by atoms with Gasteiger partial charge in [0.15, 0.2) is 11.0 Å². The number of benzene rings is 3. The van der Waals surface area contributed by atoms with E-state index < -0.39 is 18.2 Å². The van der Waals surface area contributed by atoms with Crippen LogP contribution < -0.4 is 15.1 Å². The van der Waals surface area contributed by atoms with E-state index in [4.69, 9.17) is 0 Å². The van der Waals surface area contributed by atoms with Crippen LogP contribution in [0.5, 0.6) is 5.75 Å². The topological polar surface area (TPSA) is 114 Å². The number of amidine groups is 1. The number of aromatic nitrogens is 3. The number of alkyl halides is 3. The number of aliphatic imine (C=N–C) groups is 1. The Kier molecular flexibility index (Phi) is 8.76. The van der Waals surface area contributed by atoms with Crippen LogP contribution in [-0.2, 0) is 4.79 Å². The third-order valence-corrected chi connectivity index (χ3v) is 7.11. The lowest BCUT2D eigenvalue weighted by molar-refractivity contribution is -0.274. The smallest absolute Gasteiger partial charge is 0.406 e. The molecule has 0 saturated carbocycles. The van der Waals surface area contributed by atoms with Gasteiger partial charge in [0, 0.05) is 5.56 Å². The van der Waals surface area contributed by atoms with Gasteiger partial charge < -0.3 is 4.74 Å². The van der Waals surface area contributed by atoms with Crippen molar-refractivity contribution in [2.45, 2.75) is 26.1 Å². The summed E-state index contributed by atoms with van der Waals surface area (Å²) in [5, 5.41) is 8.45. The second-order valence-corrected chi connectivity index (χ2v) is 10.6. The van der Waals surface area contributed by atoms with Crippen molar-refractivity contribution in [2.75, 3.05) is 10.7 Å². The van der Waals surface area contributed by atoms with Gasteiger partial charge in [-0.25, -0.2) is 24.3 Å². The Hall–Kier alpha value is -5.05. The second kappa shape index (κ2) is 12.7. The lowest BCUT2D eigenvalue weighted by Crippen LogP contribution is -2.31. The Morgan fingerprint density at radius 2 is 1.82 bits per heavy atom. The van der Waals surface area contributed by atoms with Gasteiger partial charge >= 0.3 is 12.4 Å². The molecule has 0 spiro atoms. The average Bonchev–Trinajstić information content (AvgIpc) is 3.60. The highest BCUT2D eigenvalue weighted by Crippen LogP contribution is 2.34. The van der Waals surface area contributed by atoms with E-state index in [2.05, 4.69) is 30.3 Å². The summed E-state index contributed by atoms with van der Waals surface area (Å²) in [6.07, 6.45) is -1.94. The summed E-state index contributed by atoms with van der Waals surface area (Å²) in [5.74, 6) is -0.642. The minimum atomic E-state index is -4.78. The van der Waals surface area contributed by atoms with Gasteiger partial charge in [-0.1, -0.05) is 49.9 Å². The summed E-state index contributed by atoms with van der Waals surface area (Å²) in [7, 11) is 0. The molecule has 0 aliphatic carbocycles. The standard InChI is InChI=1S/C29H23F4N7O3S/c1-17(2)23-13-20(30)7-12-24(23)40-25(41)15-44-28(40)36-27(42)37-35-14-18-3-5-19(6-4-18)26-34-16-39(38-26)21-8-10-22(11-9-21)43-29(31,32)33/h3-14,16-17H,15H2,1-2H3,(H,37,42)/b35-14+,36-28?. The molecule has 1 aliphatic rings. The highest BCUT2D eigenvalue weighted by molar-refractivity contribution is 8.15. The van der Waals surface area contributed by atoms with Crippen molar-refractivity contribution in [3.8, 4) is 22.8 Å². The van der Waals surface area contributed by atoms with Gasteiger partial charge in [-0.2, -0.15) is 10.1 Å². The minimum absolute atomic E-state index is 0.0702. The molecule has 15 heteroatoms. The van der Waals surface area contributed by atoms with Gasteiger partial charge in [0.1, 0.15) is 17.9 Å². The van der Waals surface area contributed by atoms with Crippen LogP contribution in [0, 0.1) is 5.82 Å². The molecule has 1 aliphatic heterocycles. The van der Waals surface area contributed by atoms with Gasteiger partial charge in [-0.05, 0) is 59.5 Å². The molecule has 1 fully saturated rings. The molecule has 0 atom stereocenters. The van der Waals surface area contributed by atoms with Crippen LogP contribution in [0.25, 0.3) is 17.1 Å². The number of hydrogen-bond donors (Lipinski definition) is 1. The molecule has 2 heterocycles. The Bertz CT molecular complexity index is 1740. The van der Waals surface area contributed by atoms with Crippen molar-refractivity contribution in [3.63, 3.8) is 0 Å². The van der Waals surface area contributed by atoms with E-state index >= 15 is 0 Å². The molecule has 0 unspecified atom stereocenters. The number of ether oxygens (including phenoxy) is 1. The quantitative estimate of drug-likeness (QED) is 0.147. The number of nitrogens with one attached hydrogen (secondary N) is 1. The van der Waals surface area contributed by atoms with Crippen LogP contribution in [0.15, 0.2) is 83.2 Å². The van der Waals surface area contributed by atoms with Crippen molar-refractivity contribution in [1.82, 2.24) is 20.2 Å². The number of amides is 3. The maximum atomic E-state index is 13.8. The van der Waals surface area contributed by atoms with E-state index in [-0.39, 0.29) is 28.5 Å². The zero-order chi connectivity index (χ0) is 31.4.